The average molecular weight is 327 g/mol. The molecule has 1 heterocycles. The highest BCUT2D eigenvalue weighted by atomic mass is 79.9. The van der Waals surface area contributed by atoms with Gasteiger partial charge in [0.25, 0.3) is 0 Å². The monoisotopic (exact) mass is 326 g/mol. The van der Waals surface area contributed by atoms with E-state index in [1.165, 1.54) is 12.1 Å². The lowest BCUT2D eigenvalue weighted by Crippen LogP contribution is -2.52. The number of rotatable bonds is 3. The molecule has 1 fully saturated rings. The number of benzene rings is 1. The molecular weight excluding hydrogens is 304 g/mol. The molecule has 1 N–H and O–H groups in total. The van der Waals surface area contributed by atoms with E-state index in [9.17, 15) is 0 Å². The lowest BCUT2D eigenvalue weighted by atomic mass is 9.87. The Morgan fingerprint density at radius 1 is 1.37 bits per heavy atom. The van der Waals surface area contributed by atoms with Crippen LogP contribution in [-0.2, 0) is 0 Å². The van der Waals surface area contributed by atoms with E-state index in [0.29, 0.717) is 18.0 Å². The van der Waals surface area contributed by atoms with Crippen LogP contribution >= 0.6 is 15.9 Å². The second kappa shape index (κ2) is 6.14. The number of hydrogen-bond donors (Lipinski definition) is 1. The Labute approximate surface area is 124 Å². The van der Waals surface area contributed by atoms with E-state index in [1.807, 2.05) is 6.07 Å². The zero-order valence-electron chi connectivity index (χ0n) is 12.1. The molecule has 0 aromatic heterocycles. The van der Waals surface area contributed by atoms with E-state index in [4.69, 9.17) is 4.74 Å². The van der Waals surface area contributed by atoms with Crippen LogP contribution in [-0.4, -0.2) is 32.8 Å². The normalized spacial score (nSPS) is 27.4. The van der Waals surface area contributed by atoms with E-state index in [1.54, 1.807) is 7.11 Å². The Morgan fingerprint density at radius 3 is 2.74 bits per heavy atom. The van der Waals surface area contributed by atoms with Crippen LogP contribution in [0.5, 0.6) is 5.75 Å². The SMILES string of the molecule is CNC1CCN(c2cc(OC)ccc2Br)C(C)C1C. The van der Waals surface area contributed by atoms with Gasteiger partial charge in [-0.25, -0.2) is 0 Å². The van der Waals surface area contributed by atoms with Crippen LogP contribution in [0, 0.1) is 5.92 Å². The first-order valence-electron chi connectivity index (χ1n) is 6.86. The van der Waals surface area contributed by atoms with Crippen LogP contribution in [0.4, 0.5) is 5.69 Å². The van der Waals surface area contributed by atoms with Crippen molar-refractivity contribution < 1.29 is 4.74 Å². The van der Waals surface area contributed by atoms with Crippen molar-refractivity contribution in [3.8, 4) is 5.75 Å². The number of nitrogens with zero attached hydrogens (tertiary/aromatic N) is 1. The molecule has 1 aromatic carbocycles. The van der Waals surface area contributed by atoms with Gasteiger partial charge in [0, 0.05) is 29.2 Å². The van der Waals surface area contributed by atoms with Crippen molar-refractivity contribution in [3.05, 3.63) is 22.7 Å². The predicted molar refractivity (Wildman–Crippen MR) is 84.1 cm³/mol. The Morgan fingerprint density at radius 2 is 2.11 bits per heavy atom. The smallest absolute Gasteiger partial charge is 0.121 e. The molecule has 1 aliphatic rings. The van der Waals surface area contributed by atoms with Gasteiger partial charge in [-0.2, -0.15) is 0 Å². The van der Waals surface area contributed by atoms with Gasteiger partial charge in [-0.1, -0.05) is 6.92 Å². The molecule has 3 atom stereocenters. The van der Waals surface area contributed by atoms with Gasteiger partial charge >= 0.3 is 0 Å². The molecule has 106 valence electrons. The summed E-state index contributed by atoms with van der Waals surface area (Å²) in [4.78, 5) is 2.48. The molecular formula is C15H23BrN2O. The largest absolute Gasteiger partial charge is 0.497 e. The zero-order chi connectivity index (χ0) is 14.0. The van der Waals surface area contributed by atoms with E-state index in [0.717, 1.165) is 16.8 Å². The molecule has 1 saturated heterocycles. The maximum atomic E-state index is 5.35. The van der Waals surface area contributed by atoms with Crippen LogP contribution in [0.2, 0.25) is 0 Å². The first kappa shape index (κ1) is 14.7. The summed E-state index contributed by atoms with van der Waals surface area (Å²) >= 11 is 3.66. The van der Waals surface area contributed by atoms with Gasteiger partial charge in [0.2, 0.25) is 0 Å². The molecule has 1 aliphatic heterocycles. The van der Waals surface area contributed by atoms with Crippen molar-refractivity contribution in [2.45, 2.75) is 32.4 Å². The minimum Gasteiger partial charge on any atom is -0.497 e. The summed E-state index contributed by atoms with van der Waals surface area (Å²) in [5.41, 5.74) is 1.23. The van der Waals surface area contributed by atoms with E-state index in [2.05, 4.69) is 59.2 Å². The summed E-state index contributed by atoms with van der Waals surface area (Å²) in [6, 6.07) is 7.29. The third-order valence-corrected chi connectivity index (χ3v) is 5.07. The number of anilines is 1. The minimum absolute atomic E-state index is 0.509. The average Bonchev–Trinajstić information content (AvgIpc) is 2.43. The minimum atomic E-state index is 0.509. The molecule has 3 unspecified atom stereocenters. The fourth-order valence-electron chi connectivity index (χ4n) is 2.95. The molecule has 19 heavy (non-hydrogen) atoms. The fourth-order valence-corrected chi connectivity index (χ4v) is 3.43. The Hall–Kier alpha value is -0.740. The predicted octanol–water partition coefficient (Wildman–Crippen LogP) is 3.28. The highest BCUT2D eigenvalue weighted by Gasteiger charge is 2.32. The van der Waals surface area contributed by atoms with E-state index in [-0.39, 0.29) is 0 Å². The molecule has 0 radical (unpaired) electrons. The van der Waals surface area contributed by atoms with Gasteiger partial charge in [0.05, 0.1) is 12.8 Å². The maximum Gasteiger partial charge on any atom is 0.121 e. The van der Waals surface area contributed by atoms with Crippen molar-refractivity contribution in [3.63, 3.8) is 0 Å². The number of hydrogen-bond acceptors (Lipinski definition) is 3. The highest BCUT2D eigenvalue weighted by molar-refractivity contribution is 9.10. The summed E-state index contributed by atoms with van der Waals surface area (Å²) in [6.45, 7) is 5.70. The van der Waals surface area contributed by atoms with Crippen LogP contribution in [0.3, 0.4) is 0 Å². The van der Waals surface area contributed by atoms with Crippen molar-refractivity contribution in [2.75, 3.05) is 25.6 Å². The second-order valence-electron chi connectivity index (χ2n) is 5.29. The number of ether oxygens (including phenoxy) is 1. The standard InChI is InChI=1S/C15H23BrN2O/c1-10-11(2)18(8-7-14(10)17-3)15-9-12(19-4)5-6-13(15)16/h5-6,9-11,14,17H,7-8H2,1-4H3. The van der Waals surface area contributed by atoms with Gasteiger partial charge in [0.1, 0.15) is 5.75 Å². The van der Waals surface area contributed by atoms with E-state index < -0.39 is 0 Å². The fraction of sp³-hybridized carbons (Fsp3) is 0.600. The third-order valence-electron chi connectivity index (χ3n) is 4.40. The van der Waals surface area contributed by atoms with Crippen molar-refractivity contribution in [2.24, 2.45) is 5.92 Å². The number of piperidine rings is 1. The van der Waals surface area contributed by atoms with Crippen LogP contribution in [0.1, 0.15) is 20.3 Å². The van der Waals surface area contributed by atoms with E-state index >= 15 is 0 Å². The molecule has 0 aliphatic carbocycles. The van der Waals surface area contributed by atoms with Gasteiger partial charge in [-0.3, -0.25) is 0 Å². The van der Waals surface area contributed by atoms with Gasteiger partial charge in [-0.15, -0.1) is 0 Å². The van der Waals surface area contributed by atoms with Gasteiger partial charge < -0.3 is 15.0 Å². The summed E-state index contributed by atoms with van der Waals surface area (Å²) in [5, 5.41) is 3.43. The van der Waals surface area contributed by atoms with Gasteiger partial charge in [0.15, 0.2) is 0 Å². The molecule has 2 rings (SSSR count). The van der Waals surface area contributed by atoms with Crippen LogP contribution in [0.15, 0.2) is 22.7 Å². The second-order valence-corrected chi connectivity index (χ2v) is 6.15. The molecule has 4 heteroatoms. The summed E-state index contributed by atoms with van der Waals surface area (Å²) < 4.78 is 6.48. The Bertz CT molecular complexity index is 438. The quantitative estimate of drug-likeness (QED) is 0.922. The topological polar surface area (TPSA) is 24.5 Å². The Kier molecular flexibility index (Phi) is 4.74. The Balaban J connectivity index is 2.27. The summed E-state index contributed by atoms with van der Waals surface area (Å²) in [7, 11) is 3.78. The molecule has 0 bridgehead atoms. The lowest BCUT2D eigenvalue weighted by Gasteiger charge is -2.44. The molecule has 1 aromatic rings. The van der Waals surface area contributed by atoms with Crippen molar-refractivity contribution in [1.82, 2.24) is 5.32 Å². The molecule has 0 spiro atoms. The van der Waals surface area contributed by atoms with Crippen LogP contribution < -0.4 is 15.0 Å². The van der Waals surface area contributed by atoms with Gasteiger partial charge in [-0.05, 0) is 54.4 Å². The lowest BCUT2D eigenvalue weighted by molar-refractivity contribution is 0.282. The maximum absolute atomic E-state index is 5.35. The number of halogens is 1. The van der Waals surface area contributed by atoms with Crippen molar-refractivity contribution in [1.29, 1.82) is 0 Å². The zero-order valence-corrected chi connectivity index (χ0v) is 13.7. The first-order valence-corrected chi connectivity index (χ1v) is 7.65. The first-order chi connectivity index (χ1) is 9.08. The summed E-state index contributed by atoms with van der Waals surface area (Å²) in [5.74, 6) is 1.53. The molecule has 3 nitrogen and oxygen atoms in total. The van der Waals surface area contributed by atoms with Crippen LogP contribution in [0.25, 0.3) is 0 Å². The molecule has 0 amide bonds. The highest BCUT2D eigenvalue weighted by Crippen LogP contribution is 2.35. The van der Waals surface area contributed by atoms with Crippen molar-refractivity contribution >= 4 is 21.6 Å². The molecule has 0 saturated carbocycles. The third kappa shape index (κ3) is 2.90. The number of nitrogens with one attached hydrogen (secondary N) is 1. The summed E-state index contributed by atoms with van der Waals surface area (Å²) in [6.07, 6.45) is 1.17. The number of methoxy groups -OCH3 is 1.